The highest BCUT2D eigenvalue weighted by Crippen LogP contribution is 2.17. The molecule has 0 spiro atoms. The number of hydrogen-bond donors (Lipinski definition) is 4. The van der Waals surface area contributed by atoms with Gasteiger partial charge >= 0.3 is 0 Å². The van der Waals surface area contributed by atoms with Crippen molar-refractivity contribution in [1.82, 2.24) is 15.5 Å². The molecule has 0 aliphatic heterocycles. The SMILES string of the molecule is CCCN(CCC)C(=O)c1cc(C(N)=O)cc(C(=O)N[C@@H](Cc2cccc(Br)c2)[C@H](O)CNCCC(C)C)c1. The first-order valence-electron chi connectivity index (χ1n) is 13.7. The van der Waals surface area contributed by atoms with Gasteiger partial charge in [0, 0.05) is 40.8 Å². The summed E-state index contributed by atoms with van der Waals surface area (Å²) >= 11 is 3.48. The van der Waals surface area contributed by atoms with Crippen LogP contribution in [0, 0.1) is 5.92 Å². The van der Waals surface area contributed by atoms with E-state index in [0.29, 0.717) is 32.0 Å². The number of hydrogen-bond acceptors (Lipinski definition) is 5. The van der Waals surface area contributed by atoms with Gasteiger partial charge in [0.25, 0.3) is 11.8 Å². The summed E-state index contributed by atoms with van der Waals surface area (Å²) in [5, 5.41) is 17.3. The summed E-state index contributed by atoms with van der Waals surface area (Å²) in [7, 11) is 0. The highest BCUT2D eigenvalue weighted by Gasteiger charge is 2.24. The summed E-state index contributed by atoms with van der Waals surface area (Å²) in [4.78, 5) is 40.5. The second-order valence-electron chi connectivity index (χ2n) is 10.3. The molecule has 0 saturated carbocycles. The molecule has 0 radical (unpaired) electrons. The Kier molecular flexibility index (Phi) is 13.6. The van der Waals surface area contributed by atoms with Crippen molar-refractivity contribution in [3.63, 3.8) is 0 Å². The van der Waals surface area contributed by atoms with Crippen molar-refractivity contribution in [3.05, 3.63) is 69.2 Å². The Bertz CT molecular complexity index is 1100. The standard InChI is InChI=1S/C30H43BrN4O4/c1-5-12-35(13-6-2)30(39)24-17-22(28(32)37)16-23(18-24)29(38)34-26(15-21-8-7-9-25(31)14-21)27(36)19-33-11-10-20(3)4/h7-9,14,16-18,20,26-27,33,36H,5-6,10-13,15,19H2,1-4H3,(H2,32,37)(H,34,38)/t26-,27+/m0/s1. The molecule has 5 N–H and O–H groups in total. The van der Waals surface area contributed by atoms with Crippen LogP contribution in [0.15, 0.2) is 46.9 Å². The summed E-state index contributed by atoms with van der Waals surface area (Å²) in [6.45, 7) is 10.4. The van der Waals surface area contributed by atoms with Gasteiger partial charge in [0.2, 0.25) is 5.91 Å². The summed E-state index contributed by atoms with van der Waals surface area (Å²) in [6, 6.07) is 11.4. The zero-order valence-electron chi connectivity index (χ0n) is 23.5. The number of nitrogens with one attached hydrogen (secondary N) is 2. The monoisotopic (exact) mass is 602 g/mol. The Morgan fingerprint density at radius 3 is 2.23 bits per heavy atom. The predicted octanol–water partition coefficient (Wildman–Crippen LogP) is 4.15. The van der Waals surface area contributed by atoms with Crippen LogP contribution in [0.5, 0.6) is 0 Å². The molecule has 39 heavy (non-hydrogen) atoms. The molecule has 0 aromatic heterocycles. The molecule has 0 bridgehead atoms. The van der Waals surface area contributed by atoms with Gasteiger partial charge in [-0.1, -0.05) is 55.8 Å². The number of aliphatic hydroxyl groups excluding tert-OH is 1. The first-order valence-corrected chi connectivity index (χ1v) is 14.5. The number of carbonyl (C=O) groups excluding carboxylic acids is 3. The van der Waals surface area contributed by atoms with E-state index >= 15 is 0 Å². The van der Waals surface area contributed by atoms with Crippen molar-refractivity contribution in [1.29, 1.82) is 0 Å². The predicted molar refractivity (Wildman–Crippen MR) is 159 cm³/mol. The van der Waals surface area contributed by atoms with Gasteiger partial charge in [-0.2, -0.15) is 0 Å². The lowest BCUT2D eigenvalue weighted by Crippen LogP contribution is -2.49. The van der Waals surface area contributed by atoms with E-state index in [1.165, 1.54) is 18.2 Å². The lowest BCUT2D eigenvalue weighted by molar-refractivity contribution is 0.0755. The number of nitrogens with two attached hydrogens (primary N) is 1. The lowest BCUT2D eigenvalue weighted by Gasteiger charge is -2.26. The Balaban J connectivity index is 2.33. The molecule has 0 heterocycles. The van der Waals surface area contributed by atoms with Gasteiger partial charge in [-0.05, 0) is 74.0 Å². The second kappa shape index (κ2) is 16.4. The smallest absolute Gasteiger partial charge is 0.253 e. The van der Waals surface area contributed by atoms with E-state index < -0.39 is 24.0 Å². The third-order valence-electron chi connectivity index (χ3n) is 6.38. The number of amides is 3. The molecule has 214 valence electrons. The highest BCUT2D eigenvalue weighted by molar-refractivity contribution is 9.10. The average molecular weight is 604 g/mol. The number of carbonyl (C=O) groups is 3. The summed E-state index contributed by atoms with van der Waals surface area (Å²) < 4.78 is 0.899. The topological polar surface area (TPSA) is 125 Å². The summed E-state index contributed by atoms with van der Waals surface area (Å²) in [5.74, 6) is -0.940. The Labute approximate surface area is 240 Å². The number of halogens is 1. The molecule has 2 aromatic carbocycles. The van der Waals surface area contributed by atoms with Crippen LogP contribution in [0.3, 0.4) is 0 Å². The number of aliphatic hydroxyl groups is 1. The molecule has 0 aliphatic rings. The van der Waals surface area contributed by atoms with Crippen LogP contribution in [0.4, 0.5) is 0 Å². The van der Waals surface area contributed by atoms with Crippen molar-refractivity contribution < 1.29 is 19.5 Å². The third kappa shape index (κ3) is 10.7. The number of nitrogens with zero attached hydrogens (tertiary/aromatic N) is 1. The van der Waals surface area contributed by atoms with Gasteiger partial charge in [-0.3, -0.25) is 14.4 Å². The van der Waals surface area contributed by atoms with Gasteiger partial charge in [0.1, 0.15) is 0 Å². The van der Waals surface area contributed by atoms with Gasteiger partial charge in [-0.15, -0.1) is 0 Å². The van der Waals surface area contributed by atoms with Crippen LogP contribution in [0.2, 0.25) is 0 Å². The summed E-state index contributed by atoms with van der Waals surface area (Å²) in [6.07, 6.45) is 2.06. The average Bonchev–Trinajstić information content (AvgIpc) is 2.89. The van der Waals surface area contributed by atoms with Crippen molar-refractivity contribution in [2.75, 3.05) is 26.2 Å². The maximum absolute atomic E-state index is 13.5. The minimum Gasteiger partial charge on any atom is -0.390 e. The first kappa shape index (κ1) is 32.5. The van der Waals surface area contributed by atoms with E-state index in [1.54, 1.807) is 4.90 Å². The number of benzene rings is 2. The van der Waals surface area contributed by atoms with E-state index in [4.69, 9.17) is 5.73 Å². The zero-order valence-corrected chi connectivity index (χ0v) is 25.1. The van der Waals surface area contributed by atoms with Crippen LogP contribution in [0.1, 0.15) is 83.6 Å². The molecular weight excluding hydrogens is 560 g/mol. The van der Waals surface area contributed by atoms with E-state index in [9.17, 15) is 19.5 Å². The largest absolute Gasteiger partial charge is 0.390 e. The van der Waals surface area contributed by atoms with E-state index in [-0.39, 0.29) is 22.6 Å². The molecular formula is C30H43BrN4O4. The fourth-order valence-corrected chi connectivity index (χ4v) is 4.74. The Morgan fingerprint density at radius 1 is 1.00 bits per heavy atom. The van der Waals surface area contributed by atoms with E-state index in [2.05, 4.69) is 40.4 Å². The van der Waals surface area contributed by atoms with Crippen molar-refractivity contribution in [2.45, 2.75) is 65.5 Å². The highest BCUT2D eigenvalue weighted by atomic mass is 79.9. The molecule has 8 nitrogen and oxygen atoms in total. The number of rotatable bonds is 16. The van der Waals surface area contributed by atoms with Gasteiger partial charge in [0.05, 0.1) is 12.1 Å². The van der Waals surface area contributed by atoms with Gasteiger partial charge < -0.3 is 26.4 Å². The molecule has 0 fully saturated rings. The Morgan fingerprint density at radius 2 is 1.64 bits per heavy atom. The van der Waals surface area contributed by atoms with E-state index in [0.717, 1.165) is 35.8 Å². The minimum absolute atomic E-state index is 0.0818. The van der Waals surface area contributed by atoms with Gasteiger partial charge in [-0.25, -0.2) is 0 Å². The van der Waals surface area contributed by atoms with Crippen LogP contribution in [0.25, 0.3) is 0 Å². The Hall–Kier alpha value is -2.75. The minimum atomic E-state index is -0.870. The molecule has 2 rings (SSSR count). The number of primary amides is 1. The van der Waals surface area contributed by atoms with Gasteiger partial charge in [0.15, 0.2) is 0 Å². The molecule has 0 saturated heterocycles. The zero-order chi connectivity index (χ0) is 28.9. The normalized spacial score (nSPS) is 12.7. The molecule has 0 aliphatic carbocycles. The lowest BCUT2D eigenvalue weighted by atomic mass is 9.99. The maximum Gasteiger partial charge on any atom is 0.253 e. The quantitative estimate of drug-likeness (QED) is 0.215. The molecule has 2 aromatic rings. The van der Waals surface area contributed by atoms with Crippen molar-refractivity contribution in [2.24, 2.45) is 11.7 Å². The molecule has 0 unspecified atom stereocenters. The fourth-order valence-electron chi connectivity index (χ4n) is 4.30. The van der Waals surface area contributed by atoms with Crippen LogP contribution in [-0.4, -0.2) is 66.1 Å². The third-order valence-corrected chi connectivity index (χ3v) is 6.87. The molecule has 9 heteroatoms. The second-order valence-corrected chi connectivity index (χ2v) is 11.2. The van der Waals surface area contributed by atoms with E-state index in [1.807, 2.05) is 38.1 Å². The molecule has 2 atom stereocenters. The van der Waals surface area contributed by atoms with Crippen molar-refractivity contribution in [3.8, 4) is 0 Å². The van der Waals surface area contributed by atoms with Crippen molar-refractivity contribution >= 4 is 33.7 Å². The van der Waals surface area contributed by atoms with Crippen LogP contribution < -0.4 is 16.4 Å². The molecule has 3 amide bonds. The fraction of sp³-hybridized carbons (Fsp3) is 0.500. The summed E-state index contributed by atoms with van der Waals surface area (Å²) in [5.41, 5.74) is 6.95. The maximum atomic E-state index is 13.5. The van der Waals surface area contributed by atoms with Crippen LogP contribution >= 0.6 is 15.9 Å². The van der Waals surface area contributed by atoms with Crippen LogP contribution in [-0.2, 0) is 6.42 Å². The first-order chi connectivity index (χ1) is 18.5.